The Hall–Kier alpha value is -2.63. The molecule has 1 unspecified atom stereocenters. The molecule has 1 aromatic heterocycles. The average Bonchev–Trinajstić information content (AvgIpc) is 3.38. The first-order valence-electron chi connectivity index (χ1n) is 8.69. The molecule has 6 heteroatoms. The molecule has 3 heterocycles. The summed E-state index contributed by atoms with van der Waals surface area (Å²) in [4.78, 5) is 32.8. The summed E-state index contributed by atoms with van der Waals surface area (Å²) >= 11 is 0. The molecule has 0 bridgehead atoms. The Morgan fingerprint density at radius 2 is 2.00 bits per heavy atom. The molecule has 2 amide bonds. The van der Waals surface area contributed by atoms with Crippen LogP contribution in [-0.2, 0) is 11.2 Å². The van der Waals surface area contributed by atoms with Gasteiger partial charge in [0.1, 0.15) is 0 Å². The fourth-order valence-electron chi connectivity index (χ4n) is 3.92. The zero-order valence-electron chi connectivity index (χ0n) is 14.1. The average molecular weight is 339 g/mol. The van der Waals surface area contributed by atoms with Crippen LogP contribution in [0.3, 0.4) is 0 Å². The van der Waals surface area contributed by atoms with E-state index in [1.807, 2.05) is 23.1 Å². The number of oxazole rings is 1. The van der Waals surface area contributed by atoms with Gasteiger partial charge in [0.05, 0.1) is 11.6 Å². The Kier molecular flexibility index (Phi) is 4.03. The van der Waals surface area contributed by atoms with Gasteiger partial charge in [-0.25, -0.2) is 4.98 Å². The van der Waals surface area contributed by atoms with Gasteiger partial charge in [0.2, 0.25) is 11.7 Å². The minimum atomic E-state index is -0.410. The predicted molar refractivity (Wildman–Crippen MR) is 90.8 cm³/mol. The lowest BCUT2D eigenvalue weighted by atomic mass is 9.85. The summed E-state index contributed by atoms with van der Waals surface area (Å²) in [6.45, 7) is 2.58. The summed E-state index contributed by atoms with van der Waals surface area (Å²) in [5, 5.41) is 0. The van der Waals surface area contributed by atoms with Crippen LogP contribution in [0, 0.1) is 5.41 Å². The highest BCUT2D eigenvalue weighted by atomic mass is 16.3. The molecule has 2 aliphatic heterocycles. The standard InChI is InChI=1S/C19H21N3O3/c23-17(16-12-20-14-25-16)22-11-8-19(13-22)7-10-21(18(19)24)9-6-15-4-2-1-3-5-15/h1-5,12,14H,6-11,13H2. The Labute approximate surface area is 146 Å². The number of hydrogen-bond acceptors (Lipinski definition) is 4. The van der Waals surface area contributed by atoms with Crippen molar-refractivity contribution < 1.29 is 14.0 Å². The van der Waals surface area contributed by atoms with Gasteiger partial charge < -0.3 is 14.2 Å². The largest absolute Gasteiger partial charge is 0.438 e. The molecule has 1 atom stereocenters. The fourth-order valence-corrected chi connectivity index (χ4v) is 3.92. The van der Waals surface area contributed by atoms with Gasteiger partial charge in [0, 0.05) is 26.2 Å². The Morgan fingerprint density at radius 3 is 2.76 bits per heavy atom. The zero-order chi connectivity index (χ0) is 17.3. The minimum Gasteiger partial charge on any atom is -0.438 e. The molecule has 25 heavy (non-hydrogen) atoms. The Bertz CT molecular complexity index is 759. The number of carbonyl (C=O) groups is 2. The van der Waals surface area contributed by atoms with Crippen molar-refractivity contribution in [2.75, 3.05) is 26.2 Å². The van der Waals surface area contributed by atoms with Gasteiger partial charge >= 0.3 is 0 Å². The first-order valence-corrected chi connectivity index (χ1v) is 8.69. The molecule has 2 aliphatic rings. The van der Waals surface area contributed by atoms with Crippen LogP contribution in [0.1, 0.15) is 29.0 Å². The summed E-state index contributed by atoms with van der Waals surface area (Å²) < 4.78 is 5.10. The lowest BCUT2D eigenvalue weighted by Crippen LogP contribution is -2.38. The molecule has 2 saturated heterocycles. The van der Waals surface area contributed by atoms with E-state index in [1.165, 1.54) is 18.2 Å². The SMILES string of the molecule is O=C(c1cnco1)N1CCC2(CCN(CCc3ccccc3)C2=O)C1. The van der Waals surface area contributed by atoms with Crippen LogP contribution in [0.4, 0.5) is 0 Å². The number of benzene rings is 1. The maximum absolute atomic E-state index is 13.0. The van der Waals surface area contributed by atoms with E-state index in [-0.39, 0.29) is 17.6 Å². The Balaban J connectivity index is 1.39. The number of carbonyl (C=O) groups excluding carboxylic acids is 2. The maximum atomic E-state index is 13.0. The highest BCUT2D eigenvalue weighted by molar-refractivity contribution is 5.93. The van der Waals surface area contributed by atoms with Crippen LogP contribution in [0.5, 0.6) is 0 Å². The smallest absolute Gasteiger partial charge is 0.291 e. The second-order valence-electron chi connectivity index (χ2n) is 6.90. The van der Waals surface area contributed by atoms with Gasteiger partial charge in [-0.3, -0.25) is 9.59 Å². The molecule has 2 fully saturated rings. The number of rotatable bonds is 4. The zero-order valence-corrected chi connectivity index (χ0v) is 14.1. The summed E-state index contributed by atoms with van der Waals surface area (Å²) in [6.07, 6.45) is 5.10. The number of nitrogens with zero attached hydrogens (tertiary/aromatic N) is 3. The summed E-state index contributed by atoms with van der Waals surface area (Å²) in [5.74, 6) is 0.254. The first kappa shape index (κ1) is 15.9. The van der Waals surface area contributed by atoms with Crippen LogP contribution < -0.4 is 0 Å². The van der Waals surface area contributed by atoms with E-state index in [9.17, 15) is 9.59 Å². The van der Waals surface area contributed by atoms with Crippen molar-refractivity contribution in [1.29, 1.82) is 0 Å². The molecule has 130 valence electrons. The van der Waals surface area contributed by atoms with Gasteiger partial charge in [-0.05, 0) is 24.8 Å². The van der Waals surface area contributed by atoms with Crippen molar-refractivity contribution in [3.05, 3.63) is 54.2 Å². The van der Waals surface area contributed by atoms with Crippen LogP contribution in [0.15, 0.2) is 47.3 Å². The van der Waals surface area contributed by atoms with Gasteiger partial charge in [0.15, 0.2) is 6.39 Å². The van der Waals surface area contributed by atoms with E-state index in [0.29, 0.717) is 13.1 Å². The van der Waals surface area contributed by atoms with E-state index >= 15 is 0 Å². The van der Waals surface area contributed by atoms with E-state index in [1.54, 1.807) is 4.90 Å². The number of aromatic nitrogens is 1. The number of hydrogen-bond donors (Lipinski definition) is 0. The highest BCUT2D eigenvalue weighted by Gasteiger charge is 2.51. The fraction of sp³-hybridized carbons (Fsp3) is 0.421. The third-order valence-corrected chi connectivity index (χ3v) is 5.40. The van der Waals surface area contributed by atoms with E-state index in [4.69, 9.17) is 4.42 Å². The first-order chi connectivity index (χ1) is 12.2. The summed E-state index contributed by atoms with van der Waals surface area (Å²) in [6, 6.07) is 10.2. The van der Waals surface area contributed by atoms with Gasteiger partial charge in [-0.2, -0.15) is 0 Å². The van der Waals surface area contributed by atoms with Gasteiger partial charge in [-0.15, -0.1) is 0 Å². The quantitative estimate of drug-likeness (QED) is 0.854. The molecular weight excluding hydrogens is 318 g/mol. The van der Waals surface area contributed by atoms with Crippen molar-refractivity contribution in [3.8, 4) is 0 Å². The summed E-state index contributed by atoms with van der Waals surface area (Å²) in [5.41, 5.74) is 0.830. The van der Waals surface area contributed by atoms with E-state index < -0.39 is 5.41 Å². The molecule has 0 radical (unpaired) electrons. The molecule has 0 saturated carbocycles. The molecule has 0 aliphatic carbocycles. The van der Waals surface area contributed by atoms with Gasteiger partial charge in [0.25, 0.3) is 5.91 Å². The van der Waals surface area contributed by atoms with Crippen molar-refractivity contribution in [2.45, 2.75) is 19.3 Å². The van der Waals surface area contributed by atoms with Crippen LogP contribution in [0.25, 0.3) is 0 Å². The minimum absolute atomic E-state index is 0.176. The monoisotopic (exact) mass is 339 g/mol. The normalized spacial score (nSPS) is 23.0. The van der Waals surface area contributed by atoms with Crippen molar-refractivity contribution in [1.82, 2.24) is 14.8 Å². The molecular formula is C19H21N3O3. The topological polar surface area (TPSA) is 66.7 Å². The van der Waals surface area contributed by atoms with Crippen LogP contribution >= 0.6 is 0 Å². The third kappa shape index (κ3) is 2.92. The molecule has 4 rings (SSSR count). The second-order valence-corrected chi connectivity index (χ2v) is 6.90. The number of amides is 2. The highest BCUT2D eigenvalue weighted by Crippen LogP contribution is 2.41. The second kappa shape index (κ2) is 6.35. The molecule has 1 aromatic carbocycles. The number of likely N-dealkylation sites (tertiary alicyclic amines) is 2. The van der Waals surface area contributed by atoms with E-state index in [0.717, 1.165) is 32.4 Å². The van der Waals surface area contributed by atoms with Crippen molar-refractivity contribution in [2.24, 2.45) is 5.41 Å². The van der Waals surface area contributed by atoms with Gasteiger partial charge in [-0.1, -0.05) is 30.3 Å². The third-order valence-electron chi connectivity index (χ3n) is 5.40. The van der Waals surface area contributed by atoms with Crippen LogP contribution in [0.2, 0.25) is 0 Å². The van der Waals surface area contributed by atoms with Crippen LogP contribution in [-0.4, -0.2) is 52.8 Å². The maximum Gasteiger partial charge on any atom is 0.291 e. The Morgan fingerprint density at radius 1 is 1.20 bits per heavy atom. The summed E-state index contributed by atoms with van der Waals surface area (Å²) in [7, 11) is 0. The lowest BCUT2D eigenvalue weighted by Gasteiger charge is -2.23. The van der Waals surface area contributed by atoms with E-state index in [2.05, 4.69) is 17.1 Å². The molecule has 1 spiro atoms. The predicted octanol–water partition coefficient (Wildman–Crippen LogP) is 1.98. The lowest BCUT2D eigenvalue weighted by molar-refractivity contribution is -0.135. The molecule has 2 aromatic rings. The molecule has 6 nitrogen and oxygen atoms in total. The molecule has 0 N–H and O–H groups in total. The van der Waals surface area contributed by atoms with Crippen molar-refractivity contribution >= 4 is 11.8 Å². The van der Waals surface area contributed by atoms with Crippen molar-refractivity contribution in [3.63, 3.8) is 0 Å².